The summed E-state index contributed by atoms with van der Waals surface area (Å²) in [6.07, 6.45) is -0.533. The first-order valence-corrected chi connectivity index (χ1v) is 7.85. The van der Waals surface area contributed by atoms with E-state index < -0.39 is 6.09 Å². The summed E-state index contributed by atoms with van der Waals surface area (Å²) < 4.78 is 6.62. The van der Waals surface area contributed by atoms with E-state index in [4.69, 9.17) is 15.3 Å². The fourth-order valence-corrected chi connectivity index (χ4v) is 3.09. The number of oxime groups is 1. The lowest BCUT2D eigenvalue weighted by Gasteiger charge is -2.15. The van der Waals surface area contributed by atoms with Crippen LogP contribution in [0.2, 0.25) is 0 Å². The van der Waals surface area contributed by atoms with Gasteiger partial charge in [-0.05, 0) is 57.8 Å². The Bertz CT molecular complexity index is 522. The number of methoxy groups -OCH3 is 1. The number of amides is 1. The maximum atomic E-state index is 11.7. The van der Waals surface area contributed by atoms with Gasteiger partial charge >= 0.3 is 6.09 Å². The van der Waals surface area contributed by atoms with Crippen LogP contribution in [0.4, 0.5) is 4.79 Å². The molecular formula is C13H17Br2N3O3. The van der Waals surface area contributed by atoms with E-state index in [9.17, 15) is 4.79 Å². The molecule has 1 rings (SSSR count). The standard InChI is InChI=1S/C13H17Br2N3O3/c1-4-18(5-2)13(19)21-17-12(16)8-6-9(14)11(20-3)10(15)7-8/h6-7H,4-5H2,1-3H3,(H2,16,17). The van der Waals surface area contributed by atoms with Gasteiger partial charge in [-0.15, -0.1) is 0 Å². The number of rotatable bonds is 5. The van der Waals surface area contributed by atoms with E-state index in [1.807, 2.05) is 13.8 Å². The van der Waals surface area contributed by atoms with E-state index in [2.05, 4.69) is 37.0 Å². The molecule has 0 saturated heterocycles. The molecule has 21 heavy (non-hydrogen) atoms. The van der Waals surface area contributed by atoms with Crippen LogP contribution < -0.4 is 10.5 Å². The number of hydrogen-bond donors (Lipinski definition) is 1. The van der Waals surface area contributed by atoms with E-state index in [-0.39, 0.29) is 5.84 Å². The molecule has 6 nitrogen and oxygen atoms in total. The third-order valence-electron chi connectivity index (χ3n) is 2.74. The predicted octanol–water partition coefficient (Wildman–Crippen LogP) is 3.32. The van der Waals surface area contributed by atoms with Gasteiger partial charge < -0.3 is 15.4 Å². The number of carbonyl (C=O) groups is 1. The van der Waals surface area contributed by atoms with Crippen molar-refractivity contribution in [1.29, 1.82) is 0 Å². The SMILES string of the molecule is CCN(CC)C(=O)ON=C(N)c1cc(Br)c(OC)c(Br)c1. The molecule has 0 saturated carbocycles. The monoisotopic (exact) mass is 421 g/mol. The summed E-state index contributed by atoms with van der Waals surface area (Å²) in [5.74, 6) is 0.742. The molecule has 0 unspecified atom stereocenters. The number of benzene rings is 1. The third kappa shape index (κ3) is 4.60. The Kier molecular flexibility index (Phi) is 6.97. The highest BCUT2D eigenvalue weighted by Crippen LogP contribution is 2.34. The summed E-state index contributed by atoms with van der Waals surface area (Å²) in [5, 5.41) is 3.67. The molecule has 2 N–H and O–H groups in total. The Morgan fingerprint density at radius 1 is 1.29 bits per heavy atom. The zero-order valence-corrected chi connectivity index (χ0v) is 15.2. The number of ether oxygens (including phenoxy) is 1. The summed E-state index contributed by atoms with van der Waals surface area (Å²) in [6, 6.07) is 3.46. The van der Waals surface area contributed by atoms with Crippen molar-refractivity contribution in [1.82, 2.24) is 4.90 Å². The molecule has 0 bridgehead atoms. The minimum atomic E-state index is -0.533. The van der Waals surface area contributed by atoms with Gasteiger partial charge in [0.2, 0.25) is 0 Å². The highest BCUT2D eigenvalue weighted by molar-refractivity contribution is 9.11. The van der Waals surface area contributed by atoms with E-state index >= 15 is 0 Å². The molecule has 0 aromatic heterocycles. The molecule has 8 heteroatoms. The largest absolute Gasteiger partial charge is 0.494 e. The molecule has 0 fully saturated rings. The lowest BCUT2D eigenvalue weighted by atomic mass is 10.2. The van der Waals surface area contributed by atoms with Gasteiger partial charge in [0.25, 0.3) is 0 Å². The minimum Gasteiger partial charge on any atom is -0.494 e. The molecule has 1 aromatic carbocycles. The van der Waals surface area contributed by atoms with Crippen molar-refractivity contribution in [3.63, 3.8) is 0 Å². The lowest BCUT2D eigenvalue weighted by Crippen LogP contribution is -2.30. The van der Waals surface area contributed by atoms with Crippen LogP contribution in [0.1, 0.15) is 19.4 Å². The van der Waals surface area contributed by atoms with Gasteiger partial charge in [-0.3, -0.25) is 4.84 Å². The van der Waals surface area contributed by atoms with Crippen molar-refractivity contribution < 1.29 is 14.4 Å². The van der Waals surface area contributed by atoms with Crippen LogP contribution in [0.5, 0.6) is 5.75 Å². The smallest absolute Gasteiger partial charge is 0.436 e. The number of nitrogens with zero attached hydrogens (tertiary/aromatic N) is 2. The van der Waals surface area contributed by atoms with Gasteiger partial charge in [0.15, 0.2) is 5.84 Å². The van der Waals surface area contributed by atoms with Crippen LogP contribution in [0.3, 0.4) is 0 Å². The van der Waals surface area contributed by atoms with E-state index in [0.29, 0.717) is 33.3 Å². The summed E-state index contributed by atoms with van der Waals surface area (Å²) in [7, 11) is 1.56. The highest BCUT2D eigenvalue weighted by Gasteiger charge is 2.13. The van der Waals surface area contributed by atoms with Crippen LogP contribution in [0.15, 0.2) is 26.2 Å². The van der Waals surface area contributed by atoms with Crippen molar-refractivity contribution in [2.45, 2.75) is 13.8 Å². The number of nitrogens with two attached hydrogens (primary N) is 1. The molecule has 0 aliphatic rings. The Labute approximate surface area is 140 Å². The molecule has 1 aromatic rings. The molecule has 0 radical (unpaired) electrons. The Hall–Kier alpha value is -1.28. The maximum absolute atomic E-state index is 11.7. The van der Waals surface area contributed by atoms with Crippen molar-refractivity contribution in [3.8, 4) is 5.75 Å². The predicted molar refractivity (Wildman–Crippen MR) is 88.5 cm³/mol. The van der Waals surface area contributed by atoms with Gasteiger partial charge in [-0.25, -0.2) is 4.79 Å². The topological polar surface area (TPSA) is 77.2 Å². The van der Waals surface area contributed by atoms with Gasteiger partial charge in [-0.2, -0.15) is 0 Å². The van der Waals surface area contributed by atoms with Gasteiger partial charge in [0.1, 0.15) is 5.75 Å². The summed E-state index contributed by atoms with van der Waals surface area (Å²) in [6.45, 7) is 4.81. The average molecular weight is 423 g/mol. The quantitative estimate of drug-likeness (QED) is 0.341. The molecular weight excluding hydrogens is 406 g/mol. The first-order valence-electron chi connectivity index (χ1n) is 6.27. The summed E-state index contributed by atoms with van der Waals surface area (Å²) >= 11 is 6.74. The second-order valence-corrected chi connectivity index (χ2v) is 5.69. The van der Waals surface area contributed by atoms with Crippen LogP contribution in [-0.4, -0.2) is 37.0 Å². The molecule has 0 aliphatic heterocycles. The fraction of sp³-hybridized carbons (Fsp3) is 0.385. The van der Waals surface area contributed by atoms with E-state index in [0.717, 1.165) is 0 Å². The molecule has 0 atom stereocenters. The molecule has 0 heterocycles. The van der Waals surface area contributed by atoms with Gasteiger partial charge in [0.05, 0.1) is 16.1 Å². The number of amidine groups is 1. The van der Waals surface area contributed by atoms with E-state index in [1.54, 1.807) is 19.2 Å². The summed E-state index contributed by atoms with van der Waals surface area (Å²) in [5.41, 5.74) is 6.43. The Morgan fingerprint density at radius 3 is 2.24 bits per heavy atom. The molecule has 0 aliphatic carbocycles. The van der Waals surface area contributed by atoms with Crippen LogP contribution in [0, 0.1) is 0 Å². The first-order chi connectivity index (χ1) is 9.94. The number of halogens is 2. The highest BCUT2D eigenvalue weighted by atomic mass is 79.9. The number of hydrogen-bond acceptors (Lipinski definition) is 4. The first kappa shape index (κ1) is 17.8. The second-order valence-electron chi connectivity index (χ2n) is 3.98. The zero-order chi connectivity index (χ0) is 16.0. The van der Waals surface area contributed by atoms with Crippen LogP contribution in [-0.2, 0) is 4.84 Å². The van der Waals surface area contributed by atoms with Crippen molar-refractivity contribution >= 4 is 43.8 Å². The van der Waals surface area contributed by atoms with Crippen LogP contribution >= 0.6 is 31.9 Å². The minimum absolute atomic E-state index is 0.0968. The van der Waals surface area contributed by atoms with Crippen molar-refractivity contribution in [2.24, 2.45) is 10.9 Å². The normalized spacial score (nSPS) is 11.2. The second kappa shape index (κ2) is 8.23. The lowest BCUT2D eigenvalue weighted by molar-refractivity contribution is 0.109. The van der Waals surface area contributed by atoms with Gasteiger partial charge in [-0.1, -0.05) is 5.16 Å². The third-order valence-corrected chi connectivity index (χ3v) is 3.92. The molecule has 1 amide bonds. The molecule has 0 spiro atoms. The van der Waals surface area contributed by atoms with Gasteiger partial charge in [0, 0.05) is 18.7 Å². The summed E-state index contributed by atoms with van der Waals surface area (Å²) in [4.78, 5) is 18.0. The van der Waals surface area contributed by atoms with Crippen molar-refractivity contribution in [2.75, 3.05) is 20.2 Å². The molecule has 116 valence electrons. The zero-order valence-electron chi connectivity index (χ0n) is 12.0. The van der Waals surface area contributed by atoms with Crippen LogP contribution in [0.25, 0.3) is 0 Å². The van der Waals surface area contributed by atoms with E-state index in [1.165, 1.54) is 4.90 Å². The maximum Gasteiger partial charge on any atom is 0.436 e. The Morgan fingerprint density at radius 2 is 1.81 bits per heavy atom. The fourth-order valence-electron chi connectivity index (χ4n) is 1.58. The van der Waals surface area contributed by atoms with Crippen molar-refractivity contribution in [3.05, 3.63) is 26.6 Å². The number of carbonyl (C=O) groups excluding carboxylic acids is 1. The average Bonchev–Trinajstić information content (AvgIpc) is 2.45. The Balaban J connectivity index is 2.91.